The van der Waals surface area contributed by atoms with Gasteiger partial charge in [0.25, 0.3) is 0 Å². The number of nitrogens with one attached hydrogen (secondary N) is 1. The zero-order chi connectivity index (χ0) is 12.6. The Morgan fingerprint density at radius 1 is 1.28 bits per heavy atom. The fraction of sp³-hybridized carbons (Fsp3) is 0.267. The van der Waals surface area contributed by atoms with E-state index in [1.54, 1.807) is 6.20 Å². The molecule has 3 heteroatoms. The largest absolute Gasteiger partial charge is 0.311 e. The van der Waals surface area contributed by atoms with Gasteiger partial charge in [0.2, 0.25) is 0 Å². The smallest absolute Gasteiger partial charge is 0.0534 e. The SMILES string of the molecule is C/C(=C/c1ccccc1)CNCCn1cccn1. The average Bonchev–Trinajstić information content (AvgIpc) is 2.89. The Balaban J connectivity index is 1.72. The van der Waals surface area contributed by atoms with Gasteiger partial charge < -0.3 is 5.32 Å². The third-order valence-electron chi connectivity index (χ3n) is 2.69. The summed E-state index contributed by atoms with van der Waals surface area (Å²) in [5, 5.41) is 7.58. The first-order chi connectivity index (χ1) is 8.84. The van der Waals surface area contributed by atoms with Gasteiger partial charge in [-0.1, -0.05) is 42.0 Å². The van der Waals surface area contributed by atoms with E-state index in [2.05, 4.69) is 47.7 Å². The van der Waals surface area contributed by atoms with Crippen LogP contribution in [0.15, 0.2) is 54.4 Å². The zero-order valence-corrected chi connectivity index (χ0v) is 10.7. The first-order valence-electron chi connectivity index (χ1n) is 6.25. The van der Waals surface area contributed by atoms with Crippen molar-refractivity contribution in [2.45, 2.75) is 13.5 Å². The average molecular weight is 241 g/mol. The van der Waals surface area contributed by atoms with Crippen LogP contribution in [0.2, 0.25) is 0 Å². The minimum atomic E-state index is 0.908. The van der Waals surface area contributed by atoms with Crippen molar-refractivity contribution >= 4 is 6.08 Å². The van der Waals surface area contributed by atoms with E-state index in [0.717, 1.165) is 19.6 Å². The van der Waals surface area contributed by atoms with Gasteiger partial charge in [0.1, 0.15) is 0 Å². The third-order valence-corrected chi connectivity index (χ3v) is 2.69. The van der Waals surface area contributed by atoms with Gasteiger partial charge in [-0.25, -0.2) is 0 Å². The number of benzene rings is 1. The van der Waals surface area contributed by atoms with Gasteiger partial charge in [0.05, 0.1) is 6.54 Å². The van der Waals surface area contributed by atoms with E-state index in [0.29, 0.717) is 0 Å². The minimum Gasteiger partial charge on any atom is -0.311 e. The maximum Gasteiger partial charge on any atom is 0.0534 e. The number of hydrogen-bond donors (Lipinski definition) is 1. The van der Waals surface area contributed by atoms with Crippen LogP contribution in [0.25, 0.3) is 6.08 Å². The lowest BCUT2D eigenvalue weighted by Crippen LogP contribution is -2.21. The molecule has 0 aliphatic rings. The molecular formula is C15H19N3. The molecule has 0 saturated carbocycles. The van der Waals surface area contributed by atoms with Crippen LogP contribution in [-0.4, -0.2) is 22.9 Å². The molecule has 0 saturated heterocycles. The maximum atomic E-state index is 4.16. The molecule has 18 heavy (non-hydrogen) atoms. The first-order valence-corrected chi connectivity index (χ1v) is 6.25. The Kier molecular flexibility index (Phi) is 4.73. The standard InChI is InChI=1S/C15H19N3/c1-14(12-15-6-3-2-4-7-15)13-16-9-11-18-10-5-8-17-18/h2-8,10,12,16H,9,11,13H2,1H3/b14-12-. The highest BCUT2D eigenvalue weighted by Crippen LogP contribution is 2.04. The first kappa shape index (κ1) is 12.6. The normalized spacial score (nSPS) is 11.7. The molecule has 0 aliphatic heterocycles. The highest BCUT2D eigenvalue weighted by Gasteiger charge is 1.93. The molecule has 2 aromatic rings. The minimum absolute atomic E-state index is 0.908. The van der Waals surface area contributed by atoms with Crippen molar-refractivity contribution in [3.63, 3.8) is 0 Å². The zero-order valence-electron chi connectivity index (χ0n) is 10.7. The predicted octanol–water partition coefficient (Wildman–Crippen LogP) is 2.58. The van der Waals surface area contributed by atoms with Crippen LogP contribution in [0.1, 0.15) is 12.5 Å². The Labute approximate surface area is 108 Å². The van der Waals surface area contributed by atoms with Crippen molar-refractivity contribution in [1.82, 2.24) is 15.1 Å². The molecular weight excluding hydrogens is 222 g/mol. The van der Waals surface area contributed by atoms with E-state index < -0.39 is 0 Å². The van der Waals surface area contributed by atoms with E-state index >= 15 is 0 Å². The molecule has 94 valence electrons. The lowest BCUT2D eigenvalue weighted by molar-refractivity contribution is 0.569. The number of rotatable bonds is 6. The van der Waals surface area contributed by atoms with Gasteiger partial charge in [-0.2, -0.15) is 5.10 Å². The van der Waals surface area contributed by atoms with Crippen LogP contribution in [0, 0.1) is 0 Å². The quantitative estimate of drug-likeness (QED) is 0.788. The Morgan fingerprint density at radius 2 is 2.11 bits per heavy atom. The Bertz CT molecular complexity index is 472. The molecule has 0 bridgehead atoms. The van der Waals surface area contributed by atoms with Gasteiger partial charge in [-0.05, 0) is 18.6 Å². The lowest BCUT2D eigenvalue weighted by atomic mass is 10.1. The highest BCUT2D eigenvalue weighted by molar-refractivity contribution is 5.52. The van der Waals surface area contributed by atoms with E-state index in [4.69, 9.17) is 0 Å². The van der Waals surface area contributed by atoms with Crippen molar-refractivity contribution < 1.29 is 0 Å². The van der Waals surface area contributed by atoms with Crippen molar-refractivity contribution in [2.24, 2.45) is 0 Å². The maximum absolute atomic E-state index is 4.16. The second kappa shape index (κ2) is 6.77. The summed E-state index contributed by atoms with van der Waals surface area (Å²) >= 11 is 0. The monoisotopic (exact) mass is 241 g/mol. The second-order valence-corrected chi connectivity index (χ2v) is 4.35. The van der Waals surface area contributed by atoms with Crippen LogP contribution in [-0.2, 0) is 6.54 Å². The number of hydrogen-bond acceptors (Lipinski definition) is 2. The third kappa shape index (κ3) is 4.18. The summed E-state index contributed by atoms with van der Waals surface area (Å²) < 4.78 is 1.93. The Morgan fingerprint density at radius 3 is 2.83 bits per heavy atom. The predicted molar refractivity (Wildman–Crippen MR) is 75.2 cm³/mol. The summed E-state index contributed by atoms with van der Waals surface area (Å²) in [6.45, 7) is 4.90. The molecule has 0 spiro atoms. The highest BCUT2D eigenvalue weighted by atomic mass is 15.3. The van der Waals surface area contributed by atoms with Crippen molar-refractivity contribution in [2.75, 3.05) is 13.1 Å². The second-order valence-electron chi connectivity index (χ2n) is 4.35. The van der Waals surface area contributed by atoms with Crippen molar-refractivity contribution in [3.05, 3.63) is 59.9 Å². The van der Waals surface area contributed by atoms with Crippen molar-refractivity contribution in [1.29, 1.82) is 0 Å². The fourth-order valence-corrected chi connectivity index (χ4v) is 1.80. The molecule has 1 aromatic carbocycles. The summed E-state index contributed by atoms with van der Waals surface area (Å²) in [6, 6.07) is 12.3. The molecule has 0 radical (unpaired) electrons. The van der Waals surface area contributed by atoms with Gasteiger partial charge in [-0.3, -0.25) is 4.68 Å². The van der Waals surface area contributed by atoms with Crippen LogP contribution in [0.3, 0.4) is 0 Å². The molecule has 3 nitrogen and oxygen atoms in total. The van der Waals surface area contributed by atoms with Crippen LogP contribution in [0.5, 0.6) is 0 Å². The van der Waals surface area contributed by atoms with Gasteiger partial charge >= 0.3 is 0 Å². The van der Waals surface area contributed by atoms with E-state index in [-0.39, 0.29) is 0 Å². The molecule has 0 unspecified atom stereocenters. The van der Waals surface area contributed by atoms with Crippen LogP contribution >= 0.6 is 0 Å². The van der Waals surface area contributed by atoms with Crippen LogP contribution < -0.4 is 5.32 Å². The topological polar surface area (TPSA) is 29.9 Å². The van der Waals surface area contributed by atoms with Gasteiger partial charge in [0.15, 0.2) is 0 Å². The number of aromatic nitrogens is 2. The molecule has 0 fully saturated rings. The summed E-state index contributed by atoms with van der Waals surface area (Å²) in [7, 11) is 0. The molecule has 1 heterocycles. The lowest BCUT2D eigenvalue weighted by Gasteiger charge is -2.05. The number of nitrogens with zero attached hydrogens (tertiary/aromatic N) is 2. The summed E-state index contributed by atoms with van der Waals surface area (Å²) in [5.74, 6) is 0. The van der Waals surface area contributed by atoms with E-state index in [1.165, 1.54) is 11.1 Å². The van der Waals surface area contributed by atoms with Gasteiger partial charge in [0, 0.05) is 25.5 Å². The van der Waals surface area contributed by atoms with Gasteiger partial charge in [-0.15, -0.1) is 0 Å². The van der Waals surface area contributed by atoms with Crippen LogP contribution in [0.4, 0.5) is 0 Å². The molecule has 2 rings (SSSR count). The fourth-order valence-electron chi connectivity index (χ4n) is 1.80. The molecule has 0 aliphatic carbocycles. The van der Waals surface area contributed by atoms with E-state index in [1.807, 2.05) is 23.0 Å². The molecule has 0 amide bonds. The summed E-state index contributed by atoms with van der Waals surface area (Å²) in [6.07, 6.45) is 6.00. The summed E-state index contributed by atoms with van der Waals surface area (Å²) in [5.41, 5.74) is 2.59. The molecule has 1 aromatic heterocycles. The van der Waals surface area contributed by atoms with Crippen molar-refractivity contribution in [3.8, 4) is 0 Å². The van der Waals surface area contributed by atoms with E-state index in [9.17, 15) is 0 Å². The molecule has 1 N–H and O–H groups in total. The molecule has 0 atom stereocenters. The Hall–Kier alpha value is -1.87. The summed E-state index contributed by atoms with van der Waals surface area (Å²) in [4.78, 5) is 0.